The summed E-state index contributed by atoms with van der Waals surface area (Å²) in [5.74, 6) is 4.17. The number of amides is 1. The van der Waals surface area contributed by atoms with Gasteiger partial charge in [-0.3, -0.25) is 4.98 Å². The fraction of sp³-hybridized carbons (Fsp3) is 0.739. The number of rotatable bonds is 13. The van der Waals surface area contributed by atoms with E-state index in [0.29, 0.717) is 12.3 Å². The molecule has 0 bridgehead atoms. The Morgan fingerprint density at radius 2 is 1.39 bits per heavy atom. The molecule has 0 aromatic carbocycles. The number of carbonyl (C=O) groups is 1. The predicted molar refractivity (Wildman–Crippen MR) is 141 cm³/mol. The van der Waals surface area contributed by atoms with E-state index in [0.717, 1.165) is 12.2 Å². The Morgan fingerprint density at radius 3 is 1.90 bits per heavy atom. The molecule has 0 saturated heterocycles. The summed E-state index contributed by atoms with van der Waals surface area (Å²) in [4.78, 5) is 22.1. The Balaban J connectivity index is 0. The lowest BCUT2D eigenvalue weighted by molar-refractivity contribution is 0.170. The van der Waals surface area contributed by atoms with Gasteiger partial charge < -0.3 is 19.4 Å². The highest BCUT2D eigenvalue weighted by Gasteiger charge is 2.13. The molecule has 0 radical (unpaired) electrons. The summed E-state index contributed by atoms with van der Waals surface area (Å²) in [7, 11) is 9.71. The average Bonchev–Trinajstić information content (AvgIpc) is 2.76. The number of unbranched alkanes of at least 4 members (excludes halogenated alkanes) is 6. The lowest BCUT2D eigenvalue weighted by Gasteiger charge is -2.18. The minimum atomic E-state index is -0.377. The number of halogens is 2. The maximum absolute atomic E-state index is 11.8. The molecule has 0 fully saturated rings. The minimum Gasteiger partial charge on any atom is -0.408 e. The van der Waals surface area contributed by atoms with Gasteiger partial charge in [-0.25, -0.2) is 4.79 Å². The van der Waals surface area contributed by atoms with Crippen LogP contribution in [0.4, 0.5) is 4.79 Å². The number of hydrogen-bond acceptors (Lipinski definition) is 5. The number of hydrogen-bond donors (Lipinski definition) is 0. The van der Waals surface area contributed by atoms with Crippen LogP contribution in [0.3, 0.4) is 0 Å². The summed E-state index contributed by atoms with van der Waals surface area (Å²) in [6, 6.07) is 3.59. The van der Waals surface area contributed by atoms with Gasteiger partial charge in [0.15, 0.2) is 5.75 Å². The third-order valence-electron chi connectivity index (χ3n) is 4.48. The quantitative estimate of drug-likeness (QED) is 0.220. The summed E-state index contributed by atoms with van der Waals surface area (Å²) in [5, 5.41) is 0. The first kappa shape index (κ1) is 32.5. The zero-order valence-electron chi connectivity index (χ0n) is 20.7. The molecule has 1 amide bonds. The first-order valence-electron chi connectivity index (χ1n) is 10.8. The second-order valence-electron chi connectivity index (χ2n) is 7.73. The van der Waals surface area contributed by atoms with Crippen LogP contribution < -0.4 is 4.74 Å². The zero-order chi connectivity index (χ0) is 24.1. The molecule has 0 aliphatic carbocycles. The molecule has 182 valence electrons. The maximum Gasteiger partial charge on any atom is 0.414 e. The summed E-state index contributed by atoms with van der Waals surface area (Å²) in [6.45, 7) is 2.91. The molecule has 1 aromatic rings. The van der Waals surface area contributed by atoms with Crippen molar-refractivity contribution >= 4 is 38.0 Å². The molecule has 0 atom stereocenters. The van der Waals surface area contributed by atoms with E-state index in [-0.39, 0.29) is 6.09 Å². The highest BCUT2D eigenvalue weighted by molar-refractivity contribution is 9.09. The predicted octanol–water partition coefficient (Wildman–Crippen LogP) is 5.89. The van der Waals surface area contributed by atoms with Crippen LogP contribution in [-0.2, 0) is 6.54 Å². The van der Waals surface area contributed by atoms with Crippen LogP contribution in [0.2, 0.25) is 0 Å². The van der Waals surface area contributed by atoms with Crippen molar-refractivity contribution < 1.29 is 9.53 Å². The number of carbonyl (C=O) groups excluding carboxylic acids is 1. The van der Waals surface area contributed by atoms with E-state index in [1.165, 1.54) is 56.4 Å². The topological polar surface area (TPSA) is 48.9 Å². The molecule has 6 nitrogen and oxygen atoms in total. The minimum absolute atomic E-state index is 0.377. The van der Waals surface area contributed by atoms with E-state index in [1.54, 1.807) is 32.4 Å². The standard InChI is InChI=1S/C21H38N4O2.2CH3Br/c1-23(2)16-11-9-7-6-8-10-12-17-25(5)18-19-20(14-13-15-22-19)27-21(26)24(3)4;2*1-2/h13-15H,6-12,16-18H2,1-5H3;2*1H3. The van der Waals surface area contributed by atoms with Crippen LogP contribution in [0.25, 0.3) is 0 Å². The third kappa shape index (κ3) is 18.6. The van der Waals surface area contributed by atoms with Crippen LogP contribution >= 0.6 is 31.9 Å². The van der Waals surface area contributed by atoms with Crippen molar-refractivity contribution in [3.8, 4) is 5.75 Å². The van der Waals surface area contributed by atoms with Gasteiger partial charge >= 0.3 is 6.09 Å². The summed E-state index contributed by atoms with van der Waals surface area (Å²) in [5.41, 5.74) is 0.802. The van der Waals surface area contributed by atoms with E-state index < -0.39 is 0 Å². The van der Waals surface area contributed by atoms with Gasteiger partial charge in [-0.15, -0.1) is 0 Å². The third-order valence-corrected chi connectivity index (χ3v) is 4.48. The van der Waals surface area contributed by atoms with Crippen molar-refractivity contribution in [2.24, 2.45) is 0 Å². The monoisotopic (exact) mass is 566 g/mol. The molecule has 8 heteroatoms. The van der Waals surface area contributed by atoms with Gasteiger partial charge in [0, 0.05) is 26.8 Å². The molecule has 1 rings (SSSR count). The number of nitrogens with zero attached hydrogens (tertiary/aromatic N) is 4. The number of pyridine rings is 1. The van der Waals surface area contributed by atoms with Crippen molar-refractivity contribution in [1.29, 1.82) is 0 Å². The van der Waals surface area contributed by atoms with Crippen LogP contribution in [0.5, 0.6) is 5.75 Å². The molecular weight excluding hydrogens is 524 g/mol. The lowest BCUT2D eigenvalue weighted by atomic mass is 10.1. The zero-order valence-corrected chi connectivity index (χ0v) is 23.8. The van der Waals surface area contributed by atoms with Crippen LogP contribution in [0.15, 0.2) is 18.3 Å². The van der Waals surface area contributed by atoms with Crippen molar-refractivity contribution in [2.45, 2.75) is 51.5 Å². The van der Waals surface area contributed by atoms with E-state index in [2.05, 4.69) is 67.8 Å². The molecule has 0 unspecified atom stereocenters. The lowest BCUT2D eigenvalue weighted by Crippen LogP contribution is -2.26. The molecule has 0 aliphatic rings. The first-order valence-corrected chi connectivity index (χ1v) is 14.0. The normalized spacial score (nSPS) is 10.2. The SMILES string of the molecule is CBr.CBr.CN(C)CCCCCCCCCN(C)Cc1ncccc1OC(=O)N(C)C. The Morgan fingerprint density at radius 1 is 0.871 bits per heavy atom. The summed E-state index contributed by atoms with van der Waals surface area (Å²) < 4.78 is 5.41. The van der Waals surface area contributed by atoms with Crippen molar-refractivity contribution in [3.63, 3.8) is 0 Å². The van der Waals surface area contributed by atoms with E-state index in [9.17, 15) is 4.79 Å². The van der Waals surface area contributed by atoms with E-state index in [4.69, 9.17) is 4.74 Å². The molecule has 1 aromatic heterocycles. The summed E-state index contributed by atoms with van der Waals surface area (Å²) >= 11 is 5.88. The van der Waals surface area contributed by atoms with Gasteiger partial charge in [0.25, 0.3) is 0 Å². The van der Waals surface area contributed by atoms with Gasteiger partial charge in [-0.05, 0) is 70.9 Å². The van der Waals surface area contributed by atoms with Gasteiger partial charge in [-0.1, -0.05) is 64.0 Å². The van der Waals surface area contributed by atoms with Crippen molar-refractivity contribution in [1.82, 2.24) is 19.7 Å². The highest BCUT2D eigenvalue weighted by atomic mass is 79.9. The molecule has 1 heterocycles. The maximum atomic E-state index is 11.8. The van der Waals surface area contributed by atoms with Crippen molar-refractivity contribution in [2.75, 3.05) is 60.0 Å². The Hall–Kier alpha value is -0.700. The second-order valence-corrected chi connectivity index (χ2v) is 7.73. The Labute approximate surface area is 208 Å². The van der Waals surface area contributed by atoms with Gasteiger partial charge in [-0.2, -0.15) is 0 Å². The van der Waals surface area contributed by atoms with E-state index >= 15 is 0 Å². The van der Waals surface area contributed by atoms with Crippen LogP contribution in [0, 0.1) is 0 Å². The fourth-order valence-electron chi connectivity index (χ4n) is 2.85. The Bertz CT molecular complexity index is 546. The molecule has 0 N–H and O–H groups in total. The largest absolute Gasteiger partial charge is 0.414 e. The number of alkyl halides is 2. The van der Waals surface area contributed by atoms with Gasteiger partial charge in [0.05, 0.1) is 5.69 Å². The summed E-state index contributed by atoms with van der Waals surface area (Å²) in [6.07, 6.45) is 10.5. The second kappa shape index (κ2) is 22.5. The Kier molecular flexibility index (Phi) is 23.6. The molecule has 0 saturated carbocycles. The molecular formula is C23H44Br2N4O2. The molecule has 0 spiro atoms. The van der Waals surface area contributed by atoms with E-state index in [1.807, 2.05) is 11.7 Å². The number of ether oxygens (including phenoxy) is 1. The molecule has 31 heavy (non-hydrogen) atoms. The van der Waals surface area contributed by atoms with Gasteiger partial charge in [0.1, 0.15) is 0 Å². The fourth-order valence-corrected chi connectivity index (χ4v) is 2.85. The highest BCUT2D eigenvalue weighted by Crippen LogP contribution is 2.18. The smallest absolute Gasteiger partial charge is 0.408 e. The average molecular weight is 568 g/mol. The first-order chi connectivity index (χ1) is 14.9. The molecule has 0 aliphatic heterocycles. The van der Waals surface area contributed by atoms with Gasteiger partial charge in [0.2, 0.25) is 0 Å². The van der Waals surface area contributed by atoms with Crippen molar-refractivity contribution in [3.05, 3.63) is 24.0 Å². The van der Waals surface area contributed by atoms with Crippen LogP contribution in [0.1, 0.15) is 50.6 Å². The van der Waals surface area contributed by atoms with Crippen LogP contribution in [-0.4, -0.2) is 85.8 Å². The number of aromatic nitrogens is 1.